The summed E-state index contributed by atoms with van der Waals surface area (Å²) in [6, 6.07) is 12.2. The average Bonchev–Trinajstić information content (AvgIpc) is 2.63. The van der Waals surface area contributed by atoms with E-state index in [-0.39, 0.29) is 24.3 Å². The van der Waals surface area contributed by atoms with E-state index in [2.05, 4.69) is 21.2 Å². The van der Waals surface area contributed by atoms with Crippen molar-refractivity contribution < 1.29 is 9.59 Å². The molecule has 0 spiro atoms. The molecule has 1 atom stereocenters. The van der Waals surface area contributed by atoms with Crippen molar-refractivity contribution in [3.8, 4) is 0 Å². The Bertz CT molecular complexity index is 841. The molecule has 2 aromatic carbocycles. The Balaban J connectivity index is 2.24. The highest BCUT2D eigenvalue weighted by Gasteiger charge is 2.26. The molecular weight excluding hydrogens is 463 g/mol. The molecule has 0 aliphatic carbocycles. The van der Waals surface area contributed by atoms with E-state index >= 15 is 0 Å². The number of amides is 2. The van der Waals surface area contributed by atoms with Gasteiger partial charge in [-0.3, -0.25) is 9.59 Å². The zero-order valence-electron chi connectivity index (χ0n) is 16.0. The zero-order chi connectivity index (χ0) is 20.8. The van der Waals surface area contributed by atoms with Crippen LogP contribution in [0.1, 0.15) is 31.9 Å². The maximum absolute atomic E-state index is 13.1. The van der Waals surface area contributed by atoms with Crippen molar-refractivity contribution >= 4 is 50.9 Å². The molecule has 0 aliphatic heterocycles. The van der Waals surface area contributed by atoms with Gasteiger partial charge in [-0.05, 0) is 56.2 Å². The van der Waals surface area contributed by atoms with E-state index in [9.17, 15) is 9.59 Å². The molecule has 0 fully saturated rings. The fraction of sp³-hybridized carbons (Fsp3) is 0.333. The predicted molar refractivity (Wildman–Crippen MR) is 118 cm³/mol. The SMILES string of the molecule is CC(C)NC(=O)C(C)N(Cc1ccc(Br)cc1)C(=O)Cc1ccc(Cl)c(Cl)c1. The molecule has 150 valence electrons. The minimum atomic E-state index is -0.610. The summed E-state index contributed by atoms with van der Waals surface area (Å²) in [7, 11) is 0. The summed E-state index contributed by atoms with van der Waals surface area (Å²) in [4.78, 5) is 27.2. The lowest BCUT2D eigenvalue weighted by molar-refractivity contribution is -0.140. The van der Waals surface area contributed by atoms with E-state index in [1.165, 1.54) is 0 Å². The van der Waals surface area contributed by atoms with Gasteiger partial charge in [0.05, 0.1) is 16.5 Å². The second kappa shape index (κ2) is 10.3. The van der Waals surface area contributed by atoms with Crippen LogP contribution in [-0.4, -0.2) is 28.8 Å². The number of nitrogens with zero attached hydrogens (tertiary/aromatic N) is 1. The number of benzene rings is 2. The molecule has 0 bridgehead atoms. The fourth-order valence-corrected chi connectivity index (χ4v) is 3.29. The molecule has 0 saturated carbocycles. The quantitative estimate of drug-likeness (QED) is 0.582. The third-order valence-electron chi connectivity index (χ3n) is 4.20. The van der Waals surface area contributed by atoms with Crippen LogP contribution in [0.4, 0.5) is 0 Å². The molecule has 0 aromatic heterocycles. The molecule has 28 heavy (non-hydrogen) atoms. The second-order valence-electron chi connectivity index (χ2n) is 6.91. The van der Waals surface area contributed by atoms with Crippen molar-refractivity contribution in [2.24, 2.45) is 0 Å². The summed E-state index contributed by atoms with van der Waals surface area (Å²) in [5.41, 5.74) is 1.69. The van der Waals surface area contributed by atoms with Gasteiger partial charge in [0, 0.05) is 17.1 Å². The van der Waals surface area contributed by atoms with E-state index in [1.807, 2.05) is 38.1 Å². The van der Waals surface area contributed by atoms with E-state index in [1.54, 1.807) is 30.0 Å². The summed E-state index contributed by atoms with van der Waals surface area (Å²) in [6.07, 6.45) is 0.132. The Morgan fingerprint density at radius 2 is 1.61 bits per heavy atom. The van der Waals surface area contributed by atoms with Gasteiger partial charge in [-0.15, -0.1) is 0 Å². The van der Waals surface area contributed by atoms with Gasteiger partial charge in [0.2, 0.25) is 11.8 Å². The zero-order valence-corrected chi connectivity index (χ0v) is 19.1. The molecule has 2 aromatic rings. The molecule has 0 saturated heterocycles. The van der Waals surface area contributed by atoms with E-state index in [4.69, 9.17) is 23.2 Å². The largest absolute Gasteiger partial charge is 0.352 e. The summed E-state index contributed by atoms with van der Waals surface area (Å²) in [5.74, 6) is -0.345. The summed E-state index contributed by atoms with van der Waals surface area (Å²) >= 11 is 15.4. The molecule has 2 amide bonds. The molecule has 0 aliphatic rings. The van der Waals surface area contributed by atoms with Crippen LogP contribution in [-0.2, 0) is 22.6 Å². The van der Waals surface area contributed by atoms with Gasteiger partial charge >= 0.3 is 0 Å². The third kappa shape index (κ3) is 6.50. The number of nitrogens with one attached hydrogen (secondary N) is 1. The highest BCUT2D eigenvalue weighted by Crippen LogP contribution is 2.23. The van der Waals surface area contributed by atoms with Crippen LogP contribution in [0.25, 0.3) is 0 Å². The van der Waals surface area contributed by atoms with Crippen molar-refractivity contribution in [3.05, 3.63) is 68.1 Å². The van der Waals surface area contributed by atoms with Crippen LogP contribution in [0.5, 0.6) is 0 Å². The lowest BCUT2D eigenvalue weighted by Gasteiger charge is -2.29. The topological polar surface area (TPSA) is 49.4 Å². The van der Waals surface area contributed by atoms with Crippen LogP contribution < -0.4 is 5.32 Å². The Morgan fingerprint density at radius 3 is 2.18 bits per heavy atom. The normalized spacial score (nSPS) is 12.0. The van der Waals surface area contributed by atoms with Crippen LogP contribution in [0.2, 0.25) is 10.0 Å². The Hall–Kier alpha value is -1.56. The molecule has 1 unspecified atom stereocenters. The first-order chi connectivity index (χ1) is 13.2. The van der Waals surface area contributed by atoms with Crippen molar-refractivity contribution in [1.29, 1.82) is 0 Å². The number of hydrogen-bond acceptors (Lipinski definition) is 2. The maximum atomic E-state index is 13.1. The smallest absolute Gasteiger partial charge is 0.242 e. The van der Waals surface area contributed by atoms with E-state index in [0.29, 0.717) is 16.6 Å². The number of carbonyl (C=O) groups excluding carboxylic acids is 2. The lowest BCUT2D eigenvalue weighted by Crippen LogP contribution is -2.49. The van der Waals surface area contributed by atoms with Crippen LogP contribution in [0.15, 0.2) is 46.9 Å². The van der Waals surface area contributed by atoms with Gasteiger partial charge < -0.3 is 10.2 Å². The highest BCUT2D eigenvalue weighted by atomic mass is 79.9. The Labute approximate surface area is 184 Å². The third-order valence-corrected chi connectivity index (χ3v) is 5.47. The monoisotopic (exact) mass is 484 g/mol. The summed E-state index contributed by atoms with van der Waals surface area (Å²) in [5, 5.41) is 3.71. The number of rotatable bonds is 7. The van der Waals surface area contributed by atoms with Crippen LogP contribution >= 0.6 is 39.1 Å². The van der Waals surface area contributed by atoms with Crippen molar-refractivity contribution in [3.63, 3.8) is 0 Å². The van der Waals surface area contributed by atoms with Crippen molar-refractivity contribution in [1.82, 2.24) is 10.2 Å². The van der Waals surface area contributed by atoms with Gasteiger partial charge in [0.15, 0.2) is 0 Å². The van der Waals surface area contributed by atoms with Crippen LogP contribution in [0.3, 0.4) is 0 Å². The van der Waals surface area contributed by atoms with Gasteiger partial charge in [-0.1, -0.05) is 57.3 Å². The summed E-state index contributed by atoms with van der Waals surface area (Å²) < 4.78 is 0.954. The van der Waals surface area contributed by atoms with E-state index in [0.717, 1.165) is 15.6 Å². The Kier molecular flexibility index (Phi) is 8.35. The minimum Gasteiger partial charge on any atom is -0.352 e. The van der Waals surface area contributed by atoms with Gasteiger partial charge in [0.1, 0.15) is 6.04 Å². The average molecular weight is 486 g/mol. The van der Waals surface area contributed by atoms with Gasteiger partial charge in [0.25, 0.3) is 0 Å². The van der Waals surface area contributed by atoms with Crippen molar-refractivity contribution in [2.75, 3.05) is 0 Å². The fourth-order valence-electron chi connectivity index (χ4n) is 2.70. The second-order valence-corrected chi connectivity index (χ2v) is 8.64. The minimum absolute atomic E-state index is 0.00495. The number of halogens is 3. The Morgan fingerprint density at radius 1 is 1.00 bits per heavy atom. The maximum Gasteiger partial charge on any atom is 0.242 e. The first-order valence-electron chi connectivity index (χ1n) is 8.95. The molecule has 0 heterocycles. The molecular formula is C21H23BrCl2N2O2. The van der Waals surface area contributed by atoms with Crippen molar-refractivity contribution in [2.45, 2.75) is 45.8 Å². The number of hydrogen-bond donors (Lipinski definition) is 1. The van der Waals surface area contributed by atoms with E-state index < -0.39 is 6.04 Å². The summed E-state index contributed by atoms with van der Waals surface area (Å²) in [6.45, 7) is 5.85. The standard InChI is InChI=1S/C21H23BrCl2N2O2/c1-13(2)25-21(28)14(3)26(12-15-4-7-17(22)8-5-15)20(27)11-16-6-9-18(23)19(24)10-16/h4-10,13-14H,11-12H2,1-3H3,(H,25,28). The lowest BCUT2D eigenvalue weighted by atomic mass is 10.1. The first kappa shape index (κ1) is 22.7. The first-order valence-corrected chi connectivity index (χ1v) is 10.5. The van der Waals surface area contributed by atoms with Crippen LogP contribution in [0, 0.1) is 0 Å². The molecule has 2 rings (SSSR count). The predicted octanol–water partition coefficient (Wildman–Crippen LogP) is 5.24. The van der Waals surface area contributed by atoms with Gasteiger partial charge in [-0.25, -0.2) is 0 Å². The highest BCUT2D eigenvalue weighted by molar-refractivity contribution is 9.10. The van der Waals surface area contributed by atoms with Gasteiger partial charge in [-0.2, -0.15) is 0 Å². The molecule has 1 N–H and O–H groups in total. The molecule has 4 nitrogen and oxygen atoms in total. The molecule has 0 radical (unpaired) electrons. The molecule has 7 heteroatoms. The number of carbonyl (C=O) groups is 2.